The summed E-state index contributed by atoms with van der Waals surface area (Å²) in [5.41, 5.74) is 1.42. The van der Waals surface area contributed by atoms with Crippen molar-refractivity contribution in [3.05, 3.63) is 35.9 Å². The number of para-hydroxylation sites is 1. The number of ether oxygens (including phenoxy) is 2. The number of methoxy groups -OCH3 is 1. The molecule has 1 heterocycles. The Bertz CT molecular complexity index is 487. The Hall–Kier alpha value is -1.61. The Labute approximate surface area is 102 Å². The highest BCUT2D eigenvalue weighted by Gasteiger charge is 2.31. The van der Waals surface area contributed by atoms with E-state index in [2.05, 4.69) is 4.99 Å². The van der Waals surface area contributed by atoms with E-state index in [0.29, 0.717) is 5.90 Å². The monoisotopic (exact) mass is 231 g/mol. The number of fused-ring (bicyclic) bond motifs is 1. The third-order valence-electron chi connectivity index (χ3n) is 2.89. The fourth-order valence-electron chi connectivity index (χ4n) is 1.63. The molecule has 90 valence electrons. The molecule has 3 heteroatoms. The van der Waals surface area contributed by atoms with Crippen LogP contribution in [0.25, 0.3) is 5.76 Å². The third kappa shape index (κ3) is 2.11. The summed E-state index contributed by atoms with van der Waals surface area (Å²) in [6, 6.07) is 7.93. The standard InChI is InChI=1S/C14H17NO2/c1-5-12-10-8-6-7-9-11(10)15-13(17-12)14(2,3)16-4/h5-9H,1-4H3/b12-5-. The highest BCUT2D eigenvalue weighted by atomic mass is 16.5. The summed E-state index contributed by atoms with van der Waals surface area (Å²) < 4.78 is 11.2. The second kappa shape index (κ2) is 4.34. The molecule has 2 rings (SSSR count). The summed E-state index contributed by atoms with van der Waals surface area (Å²) in [5, 5.41) is 0. The average molecular weight is 231 g/mol. The SMILES string of the molecule is C/C=C1\OC(C(C)(C)OC)=Nc2ccccc21. The normalized spacial score (nSPS) is 17.4. The van der Waals surface area contributed by atoms with Gasteiger partial charge in [-0.25, -0.2) is 4.99 Å². The maximum absolute atomic E-state index is 5.80. The van der Waals surface area contributed by atoms with Crippen LogP contribution < -0.4 is 0 Å². The van der Waals surface area contributed by atoms with Crippen LogP contribution in [0.15, 0.2) is 35.3 Å². The Morgan fingerprint density at radius 2 is 2.00 bits per heavy atom. The Morgan fingerprint density at radius 3 is 2.65 bits per heavy atom. The Kier molecular flexibility index (Phi) is 3.03. The van der Waals surface area contributed by atoms with Crippen LogP contribution in [0, 0.1) is 0 Å². The number of aliphatic imine (C=N–C) groups is 1. The van der Waals surface area contributed by atoms with Gasteiger partial charge < -0.3 is 9.47 Å². The summed E-state index contributed by atoms with van der Waals surface area (Å²) in [6.45, 7) is 5.83. The first-order chi connectivity index (χ1) is 8.08. The van der Waals surface area contributed by atoms with E-state index in [1.807, 2.05) is 51.1 Å². The van der Waals surface area contributed by atoms with E-state index in [1.165, 1.54) is 0 Å². The lowest BCUT2D eigenvalue weighted by Gasteiger charge is -2.28. The molecular weight excluding hydrogens is 214 g/mol. The fourth-order valence-corrected chi connectivity index (χ4v) is 1.63. The molecule has 1 aromatic carbocycles. The van der Waals surface area contributed by atoms with E-state index in [9.17, 15) is 0 Å². The molecule has 0 aliphatic carbocycles. The minimum Gasteiger partial charge on any atom is -0.439 e. The molecular formula is C14H17NO2. The highest BCUT2D eigenvalue weighted by molar-refractivity contribution is 5.95. The molecule has 0 aromatic heterocycles. The Balaban J connectivity index is 2.52. The van der Waals surface area contributed by atoms with Gasteiger partial charge in [0.2, 0.25) is 5.90 Å². The van der Waals surface area contributed by atoms with Gasteiger partial charge in [0.15, 0.2) is 0 Å². The first kappa shape index (κ1) is 11.9. The minimum absolute atomic E-state index is 0.526. The van der Waals surface area contributed by atoms with Crippen molar-refractivity contribution in [1.29, 1.82) is 0 Å². The maximum Gasteiger partial charge on any atom is 0.226 e. The van der Waals surface area contributed by atoms with Crippen molar-refractivity contribution in [2.45, 2.75) is 26.4 Å². The predicted molar refractivity (Wildman–Crippen MR) is 69.4 cm³/mol. The first-order valence-corrected chi connectivity index (χ1v) is 5.66. The summed E-state index contributed by atoms with van der Waals surface area (Å²) in [7, 11) is 1.65. The van der Waals surface area contributed by atoms with E-state index in [-0.39, 0.29) is 0 Å². The van der Waals surface area contributed by atoms with Gasteiger partial charge in [0.25, 0.3) is 0 Å². The lowest BCUT2D eigenvalue weighted by molar-refractivity contribution is 0.0669. The zero-order chi connectivity index (χ0) is 12.5. The van der Waals surface area contributed by atoms with Crippen LogP contribution in [-0.2, 0) is 9.47 Å². The molecule has 0 N–H and O–H groups in total. The molecule has 0 atom stereocenters. The van der Waals surface area contributed by atoms with Gasteiger partial charge in [0, 0.05) is 12.7 Å². The van der Waals surface area contributed by atoms with Gasteiger partial charge in [-0.15, -0.1) is 0 Å². The summed E-state index contributed by atoms with van der Waals surface area (Å²) in [4.78, 5) is 4.51. The zero-order valence-corrected chi connectivity index (χ0v) is 10.7. The van der Waals surface area contributed by atoms with Gasteiger partial charge in [-0.3, -0.25) is 0 Å². The van der Waals surface area contributed by atoms with Crippen LogP contribution in [0.2, 0.25) is 0 Å². The van der Waals surface area contributed by atoms with Crippen molar-refractivity contribution in [3.8, 4) is 0 Å². The number of nitrogens with zero attached hydrogens (tertiary/aromatic N) is 1. The molecule has 0 bridgehead atoms. The average Bonchev–Trinajstić information content (AvgIpc) is 2.37. The third-order valence-corrected chi connectivity index (χ3v) is 2.89. The van der Waals surface area contributed by atoms with Crippen molar-refractivity contribution < 1.29 is 9.47 Å². The molecule has 1 aromatic rings. The number of benzene rings is 1. The lowest BCUT2D eigenvalue weighted by Crippen LogP contribution is -2.36. The molecule has 0 fully saturated rings. The lowest BCUT2D eigenvalue weighted by atomic mass is 10.1. The molecule has 1 aliphatic rings. The fraction of sp³-hybridized carbons (Fsp3) is 0.357. The number of rotatable bonds is 2. The molecule has 0 radical (unpaired) electrons. The van der Waals surface area contributed by atoms with Crippen LogP contribution in [0.1, 0.15) is 26.3 Å². The first-order valence-electron chi connectivity index (χ1n) is 5.66. The van der Waals surface area contributed by atoms with Crippen LogP contribution in [0.4, 0.5) is 5.69 Å². The number of allylic oxidation sites excluding steroid dienone is 1. The van der Waals surface area contributed by atoms with Crippen LogP contribution in [-0.4, -0.2) is 18.6 Å². The maximum atomic E-state index is 5.80. The molecule has 0 saturated carbocycles. The Morgan fingerprint density at radius 1 is 1.29 bits per heavy atom. The predicted octanol–water partition coefficient (Wildman–Crippen LogP) is 3.53. The molecule has 0 amide bonds. The second-order valence-electron chi connectivity index (χ2n) is 4.40. The van der Waals surface area contributed by atoms with Gasteiger partial charge in [-0.05, 0) is 39.0 Å². The highest BCUT2D eigenvalue weighted by Crippen LogP contribution is 2.34. The molecule has 0 spiro atoms. The minimum atomic E-state index is -0.526. The van der Waals surface area contributed by atoms with Crippen molar-refractivity contribution >= 4 is 17.3 Å². The van der Waals surface area contributed by atoms with Crippen LogP contribution >= 0.6 is 0 Å². The van der Waals surface area contributed by atoms with Gasteiger partial charge in [0.1, 0.15) is 11.4 Å². The van der Waals surface area contributed by atoms with E-state index in [0.717, 1.165) is 17.0 Å². The largest absolute Gasteiger partial charge is 0.439 e. The molecule has 0 unspecified atom stereocenters. The van der Waals surface area contributed by atoms with Gasteiger partial charge in [-0.1, -0.05) is 12.1 Å². The van der Waals surface area contributed by atoms with E-state index < -0.39 is 5.60 Å². The second-order valence-corrected chi connectivity index (χ2v) is 4.40. The topological polar surface area (TPSA) is 30.8 Å². The summed E-state index contributed by atoms with van der Waals surface area (Å²) >= 11 is 0. The quantitative estimate of drug-likeness (QED) is 0.779. The van der Waals surface area contributed by atoms with Gasteiger partial charge >= 0.3 is 0 Å². The van der Waals surface area contributed by atoms with E-state index in [1.54, 1.807) is 7.11 Å². The number of hydrogen-bond donors (Lipinski definition) is 0. The summed E-state index contributed by atoms with van der Waals surface area (Å²) in [5.74, 6) is 1.42. The van der Waals surface area contributed by atoms with Crippen LogP contribution in [0.5, 0.6) is 0 Å². The van der Waals surface area contributed by atoms with Crippen LogP contribution in [0.3, 0.4) is 0 Å². The molecule has 3 nitrogen and oxygen atoms in total. The van der Waals surface area contributed by atoms with E-state index >= 15 is 0 Å². The summed E-state index contributed by atoms with van der Waals surface area (Å²) in [6.07, 6.45) is 1.94. The smallest absolute Gasteiger partial charge is 0.226 e. The van der Waals surface area contributed by atoms with Crippen molar-refractivity contribution in [2.75, 3.05) is 7.11 Å². The van der Waals surface area contributed by atoms with Gasteiger partial charge in [-0.2, -0.15) is 0 Å². The number of hydrogen-bond acceptors (Lipinski definition) is 3. The van der Waals surface area contributed by atoms with Crippen molar-refractivity contribution in [2.24, 2.45) is 4.99 Å². The van der Waals surface area contributed by atoms with Crippen molar-refractivity contribution in [3.63, 3.8) is 0 Å². The molecule has 1 aliphatic heterocycles. The molecule has 0 saturated heterocycles. The molecule has 17 heavy (non-hydrogen) atoms. The van der Waals surface area contributed by atoms with Crippen molar-refractivity contribution in [1.82, 2.24) is 0 Å². The zero-order valence-electron chi connectivity index (χ0n) is 10.7. The van der Waals surface area contributed by atoms with E-state index in [4.69, 9.17) is 9.47 Å². The van der Waals surface area contributed by atoms with Gasteiger partial charge in [0.05, 0.1) is 5.69 Å².